The van der Waals surface area contributed by atoms with Gasteiger partial charge in [0.1, 0.15) is 5.60 Å². The SMILES string of the molecule is COC(=O)CC[C@H]1CC[C@H](NC(=O)c2ccc(C3CCN(C(=O)OC(C)(C)C)C3)cc2)CC1. The molecule has 33 heavy (non-hydrogen) atoms. The smallest absolute Gasteiger partial charge is 0.410 e. The maximum absolute atomic E-state index is 12.7. The van der Waals surface area contributed by atoms with Gasteiger partial charge in [-0.15, -0.1) is 0 Å². The minimum Gasteiger partial charge on any atom is -0.469 e. The quantitative estimate of drug-likeness (QED) is 0.627. The van der Waals surface area contributed by atoms with E-state index < -0.39 is 5.60 Å². The molecule has 0 spiro atoms. The Morgan fingerprint density at radius 2 is 1.70 bits per heavy atom. The van der Waals surface area contributed by atoms with Gasteiger partial charge in [-0.25, -0.2) is 4.79 Å². The Bertz CT molecular complexity index is 822. The number of methoxy groups -OCH3 is 1. The van der Waals surface area contributed by atoms with Crippen LogP contribution in [0.1, 0.15) is 87.6 Å². The average Bonchev–Trinajstić information content (AvgIpc) is 3.28. The summed E-state index contributed by atoms with van der Waals surface area (Å²) in [5.74, 6) is 0.600. The standard InChI is InChI=1S/C26H38N2O5/c1-26(2,3)33-25(31)28-16-15-21(17-28)19-8-10-20(11-9-19)24(30)27-22-12-5-18(6-13-22)7-14-23(29)32-4/h8-11,18,21-22H,5-7,12-17H2,1-4H3,(H,27,30)/t18-,21?,22-. The summed E-state index contributed by atoms with van der Waals surface area (Å²) in [4.78, 5) is 38.1. The summed E-state index contributed by atoms with van der Waals surface area (Å²) in [6.45, 7) is 6.95. The molecule has 1 aromatic carbocycles. The number of nitrogens with one attached hydrogen (secondary N) is 1. The van der Waals surface area contributed by atoms with Crippen molar-refractivity contribution >= 4 is 18.0 Å². The van der Waals surface area contributed by atoms with Crippen LogP contribution in [0.2, 0.25) is 0 Å². The zero-order valence-electron chi connectivity index (χ0n) is 20.4. The van der Waals surface area contributed by atoms with E-state index in [1.54, 1.807) is 4.90 Å². The Hall–Kier alpha value is -2.57. The monoisotopic (exact) mass is 458 g/mol. The molecule has 2 aliphatic rings. The van der Waals surface area contributed by atoms with Crippen LogP contribution < -0.4 is 5.32 Å². The molecule has 1 unspecified atom stereocenters. The van der Waals surface area contributed by atoms with Crippen LogP contribution in [0.4, 0.5) is 4.79 Å². The Morgan fingerprint density at radius 1 is 1.03 bits per heavy atom. The van der Waals surface area contributed by atoms with Gasteiger partial charge in [-0.1, -0.05) is 12.1 Å². The lowest BCUT2D eigenvalue weighted by atomic mass is 9.83. The van der Waals surface area contributed by atoms with E-state index in [-0.39, 0.29) is 29.9 Å². The van der Waals surface area contributed by atoms with E-state index in [0.29, 0.717) is 31.0 Å². The summed E-state index contributed by atoms with van der Waals surface area (Å²) in [6, 6.07) is 7.94. The van der Waals surface area contributed by atoms with Crippen molar-refractivity contribution in [2.75, 3.05) is 20.2 Å². The number of esters is 1. The molecule has 0 aromatic heterocycles. The van der Waals surface area contributed by atoms with Crippen molar-refractivity contribution in [1.82, 2.24) is 10.2 Å². The van der Waals surface area contributed by atoms with Gasteiger partial charge in [-0.3, -0.25) is 9.59 Å². The van der Waals surface area contributed by atoms with Crippen LogP contribution in [-0.2, 0) is 14.3 Å². The number of ether oxygens (including phenoxy) is 2. The predicted molar refractivity (Wildman–Crippen MR) is 126 cm³/mol. The summed E-state index contributed by atoms with van der Waals surface area (Å²) in [5, 5.41) is 3.16. The molecule has 182 valence electrons. The van der Waals surface area contributed by atoms with E-state index in [1.807, 2.05) is 45.0 Å². The molecule has 1 aliphatic heterocycles. The fourth-order valence-electron chi connectivity index (χ4n) is 4.72. The first kappa shape index (κ1) is 25.1. The summed E-state index contributed by atoms with van der Waals surface area (Å²) in [6.07, 6.45) is 5.90. The van der Waals surface area contributed by atoms with Crippen molar-refractivity contribution in [1.29, 1.82) is 0 Å². The van der Waals surface area contributed by atoms with Crippen molar-refractivity contribution in [3.63, 3.8) is 0 Å². The van der Waals surface area contributed by atoms with Gasteiger partial charge in [-0.2, -0.15) is 0 Å². The highest BCUT2D eigenvalue weighted by Crippen LogP contribution is 2.30. The first-order chi connectivity index (χ1) is 15.6. The first-order valence-electron chi connectivity index (χ1n) is 12.1. The van der Waals surface area contributed by atoms with Crippen LogP contribution >= 0.6 is 0 Å². The minimum absolute atomic E-state index is 0.0404. The van der Waals surface area contributed by atoms with Crippen LogP contribution in [0.25, 0.3) is 0 Å². The lowest BCUT2D eigenvalue weighted by Gasteiger charge is -2.29. The minimum atomic E-state index is -0.494. The number of likely N-dealkylation sites (tertiary alicyclic amines) is 1. The van der Waals surface area contributed by atoms with Gasteiger partial charge in [0.15, 0.2) is 0 Å². The molecule has 7 nitrogen and oxygen atoms in total. The number of nitrogens with zero attached hydrogens (tertiary/aromatic N) is 1. The molecule has 2 amide bonds. The number of carbonyl (C=O) groups is 3. The normalized spacial score (nSPS) is 23.2. The third kappa shape index (κ3) is 7.47. The fourth-order valence-corrected chi connectivity index (χ4v) is 4.72. The van der Waals surface area contributed by atoms with E-state index in [0.717, 1.165) is 44.1 Å². The maximum Gasteiger partial charge on any atom is 0.410 e. The van der Waals surface area contributed by atoms with Crippen molar-refractivity contribution in [2.45, 2.75) is 83.3 Å². The summed E-state index contributed by atoms with van der Waals surface area (Å²) in [5.41, 5.74) is 1.31. The molecule has 2 fully saturated rings. The summed E-state index contributed by atoms with van der Waals surface area (Å²) < 4.78 is 10.2. The van der Waals surface area contributed by atoms with Crippen LogP contribution in [0.5, 0.6) is 0 Å². The number of hydrogen-bond acceptors (Lipinski definition) is 5. The molecule has 1 saturated carbocycles. The molecular formula is C26H38N2O5. The highest BCUT2D eigenvalue weighted by molar-refractivity contribution is 5.94. The molecule has 1 aromatic rings. The molecule has 1 atom stereocenters. The Balaban J connectivity index is 1.44. The molecule has 1 heterocycles. The highest BCUT2D eigenvalue weighted by Gasteiger charge is 2.30. The van der Waals surface area contributed by atoms with E-state index in [9.17, 15) is 14.4 Å². The summed E-state index contributed by atoms with van der Waals surface area (Å²) >= 11 is 0. The maximum atomic E-state index is 12.7. The number of rotatable bonds is 6. The lowest BCUT2D eigenvalue weighted by Crippen LogP contribution is -2.37. The van der Waals surface area contributed by atoms with Crippen molar-refractivity contribution in [3.8, 4) is 0 Å². The van der Waals surface area contributed by atoms with E-state index >= 15 is 0 Å². The number of amides is 2. The zero-order valence-corrected chi connectivity index (χ0v) is 20.4. The second kappa shape index (κ2) is 11.0. The van der Waals surface area contributed by atoms with Gasteiger partial charge in [0.25, 0.3) is 5.91 Å². The Kier molecular flexibility index (Phi) is 8.38. The number of hydrogen-bond donors (Lipinski definition) is 1. The molecule has 3 rings (SSSR count). The molecular weight excluding hydrogens is 420 g/mol. The van der Waals surface area contributed by atoms with Gasteiger partial charge in [0, 0.05) is 37.0 Å². The van der Waals surface area contributed by atoms with Crippen LogP contribution in [0, 0.1) is 5.92 Å². The third-order valence-corrected chi connectivity index (χ3v) is 6.65. The lowest BCUT2D eigenvalue weighted by molar-refractivity contribution is -0.141. The molecule has 1 N–H and O–H groups in total. The van der Waals surface area contributed by atoms with Crippen LogP contribution in [-0.4, -0.2) is 54.7 Å². The van der Waals surface area contributed by atoms with E-state index in [1.165, 1.54) is 7.11 Å². The first-order valence-corrected chi connectivity index (χ1v) is 12.1. The van der Waals surface area contributed by atoms with Gasteiger partial charge in [0.05, 0.1) is 7.11 Å². The van der Waals surface area contributed by atoms with Crippen molar-refractivity contribution in [2.24, 2.45) is 5.92 Å². The second-order valence-corrected chi connectivity index (χ2v) is 10.3. The molecule has 1 aliphatic carbocycles. The predicted octanol–water partition coefficient (Wildman–Crippen LogP) is 4.65. The summed E-state index contributed by atoms with van der Waals surface area (Å²) in [7, 11) is 1.42. The fraction of sp³-hybridized carbons (Fsp3) is 0.654. The van der Waals surface area contributed by atoms with Crippen LogP contribution in [0.15, 0.2) is 24.3 Å². The van der Waals surface area contributed by atoms with Gasteiger partial charge < -0.3 is 19.7 Å². The topological polar surface area (TPSA) is 84.9 Å². The zero-order chi connectivity index (χ0) is 24.0. The van der Waals surface area contributed by atoms with Crippen molar-refractivity contribution < 1.29 is 23.9 Å². The largest absolute Gasteiger partial charge is 0.469 e. The second-order valence-electron chi connectivity index (χ2n) is 10.3. The van der Waals surface area contributed by atoms with Gasteiger partial charge in [0.2, 0.25) is 0 Å². The van der Waals surface area contributed by atoms with E-state index in [2.05, 4.69) is 5.32 Å². The Labute approximate surface area is 197 Å². The van der Waals surface area contributed by atoms with Crippen molar-refractivity contribution in [3.05, 3.63) is 35.4 Å². The molecule has 1 saturated heterocycles. The molecule has 0 radical (unpaired) electrons. The van der Waals surface area contributed by atoms with E-state index in [4.69, 9.17) is 9.47 Å². The number of carbonyl (C=O) groups excluding carboxylic acids is 3. The molecule has 7 heteroatoms. The Morgan fingerprint density at radius 3 is 2.30 bits per heavy atom. The average molecular weight is 459 g/mol. The molecule has 0 bridgehead atoms. The van der Waals surface area contributed by atoms with Gasteiger partial charge >= 0.3 is 12.1 Å². The van der Waals surface area contributed by atoms with Gasteiger partial charge in [-0.05, 0) is 82.9 Å². The van der Waals surface area contributed by atoms with Crippen LogP contribution in [0.3, 0.4) is 0 Å². The third-order valence-electron chi connectivity index (χ3n) is 6.65. The highest BCUT2D eigenvalue weighted by atomic mass is 16.6. The number of benzene rings is 1.